The van der Waals surface area contributed by atoms with E-state index in [0.717, 1.165) is 19.3 Å². The quantitative estimate of drug-likeness (QED) is 0.466. The first-order valence-electron chi connectivity index (χ1n) is 7.65. The van der Waals surface area contributed by atoms with Crippen molar-refractivity contribution >= 4 is 15.9 Å². The minimum absolute atomic E-state index is 0.0855. The van der Waals surface area contributed by atoms with Crippen LogP contribution in [0.5, 0.6) is 0 Å². The van der Waals surface area contributed by atoms with E-state index in [9.17, 15) is 8.78 Å². The van der Waals surface area contributed by atoms with Crippen molar-refractivity contribution in [2.45, 2.75) is 51.5 Å². The number of rotatable bonds is 5. The first kappa shape index (κ1) is 16.8. The minimum atomic E-state index is -0.516. The minimum Gasteiger partial charge on any atom is -0.271 e. The molecule has 3 unspecified atom stereocenters. The second-order valence-electron chi connectivity index (χ2n) is 6.00. The van der Waals surface area contributed by atoms with Gasteiger partial charge in [0.2, 0.25) is 0 Å². The fourth-order valence-corrected chi connectivity index (χ4v) is 3.78. The van der Waals surface area contributed by atoms with Crippen LogP contribution in [0.15, 0.2) is 16.6 Å². The van der Waals surface area contributed by atoms with Gasteiger partial charge in [-0.25, -0.2) is 8.78 Å². The van der Waals surface area contributed by atoms with Gasteiger partial charge in [-0.1, -0.05) is 26.2 Å². The van der Waals surface area contributed by atoms with Crippen molar-refractivity contribution < 1.29 is 8.78 Å². The summed E-state index contributed by atoms with van der Waals surface area (Å²) in [4.78, 5) is 0. The average Bonchev–Trinajstić information content (AvgIpc) is 2.51. The number of hydrogen-bond donors (Lipinski definition) is 2. The molecule has 0 heterocycles. The van der Waals surface area contributed by atoms with Crippen molar-refractivity contribution in [3.63, 3.8) is 0 Å². The Balaban J connectivity index is 2.14. The van der Waals surface area contributed by atoms with E-state index in [4.69, 9.17) is 5.84 Å². The summed E-state index contributed by atoms with van der Waals surface area (Å²) in [5.74, 6) is 5.74. The van der Waals surface area contributed by atoms with E-state index < -0.39 is 11.6 Å². The van der Waals surface area contributed by atoms with E-state index in [1.807, 2.05) is 0 Å². The Morgan fingerprint density at radius 2 is 2.14 bits per heavy atom. The molecule has 0 spiro atoms. The highest BCUT2D eigenvalue weighted by molar-refractivity contribution is 9.10. The van der Waals surface area contributed by atoms with Crippen molar-refractivity contribution in [1.82, 2.24) is 5.43 Å². The van der Waals surface area contributed by atoms with Gasteiger partial charge in [0.15, 0.2) is 0 Å². The second-order valence-corrected chi connectivity index (χ2v) is 6.85. The molecule has 2 rings (SSSR count). The Morgan fingerprint density at radius 1 is 1.38 bits per heavy atom. The monoisotopic (exact) mass is 360 g/mol. The predicted molar refractivity (Wildman–Crippen MR) is 84.6 cm³/mol. The van der Waals surface area contributed by atoms with Crippen molar-refractivity contribution in [3.05, 3.63) is 33.8 Å². The molecular weight excluding hydrogens is 338 g/mol. The van der Waals surface area contributed by atoms with Crippen molar-refractivity contribution in [3.8, 4) is 0 Å². The molecule has 3 atom stereocenters. The van der Waals surface area contributed by atoms with Crippen LogP contribution in [-0.2, 0) is 6.42 Å². The molecule has 1 aliphatic rings. The molecule has 0 amide bonds. The van der Waals surface area contributed by atoms with Crippen LogP contribution in [-0.4, -0.2) is 6.04 Å². The van der Waals surface area contributed by atoms with Crippen LogP contribution in [0.1, 0.15) is 44.6 Å². The first-order chi connectivity index (χ1) is 10.1. The summed E-state index contributed by atoms with van der Waals surface area (Å²) in [5.41, 5.74) is 2.91. The molecule has 21 heavy (non-hydrogen) atoms. The topological polar surface area (TPSA) is 38.0 Å². The Bertz CT molecular complexity index is 482. The smallest absolute Gasteiger partial charge is 0.143 e. The molecule has 3 N–H and O–H groups in total. The molecule has 0 aliphatic heterocycles. The third-order valence-electron chi connectivity index (χ3n) is 4.75. The Labute approximate surface area is 133 Å². The summed E-state index contributed by atoms with van der Waals surface area (Å²) in [6.45, 7) is 2.20. The zero-order chi connectivity index (χ0) is 15.4. The summed E-state index contributed by atoms with van der Waals surface area (Å²) in [6, 6.07) is 2.61. The second kappa shape index (κ2) is 7.65. The standard InChI is InChI=1S/C16H23BrF2N2/c1-2-10-4-3-5-11(8-10)15(21-20)9-12-14(18)7-6-13(17)16(12)19/h6-7,10-11,15,21H,2-5,8-9,20H2,1H3. The maximum Gasteiger partial charge on any atom is 0.143 e. The third-order valence-corrected chi connectivity index (χ3v) is 5.36. The molecule has 1 aromatic carbocycles. The lowest BCUT2D eigenvalue weighted by Crippen LogP contribution is -2.44. The molecule has 0 radical (unpaired) electrons. The summed E-state index contributed by atoms with van der Waals surface area (Å²) in [5, 5.41) is 0. The molecule has 0 aromatic heterocycles. The van der Waals surface area contributed by atoms with Gasteiger partial charge >= 0.3 is 0 Å². The predicted octanol–water partition coefficient (Wildman–Crippen LogP) is 4.32. The van der Waals surface area contributed by atoms with Crippen LogP contribution < -0.4 is 11.3 Å². The first-order valence-corrected chi connectivity index (χ1v) is 8.44. The highest BCUT2D eigenvalue weighted by atomic mass is 79.9. The molecule has 0 saturated heterocycles. The number of hydrazine groups is 1. The zero-order valence-electron chi connectivity index (χ0n) is 12.3. The SMILES string of the molecule is CCC1CCCC(C(Cc2c(F)ccc(Br)c2F)NN)C1. The highest BCUT2D eigenvalue weighted by Gasteiger charge is 2.29. The van der Waals surface area contributed by atoms with Gasteiger partial charge in [-0.3, -0.25) is 11.3 Å². The molecule has 5 heteroatoms. The van der Waals surface area contributed by atoms with E-state index in [2.05, 4.69) is 28.3 Å². The lowest BCUT2D eigenvalue weighted by molar-refractivity contribution is 0.206. The Morgan fingerprint density at radius 3 is 2.81 bits per heavy atom. The number of nitrogens with two attached hydrogens (primary N) is 1. The van der Waals surface area contributed by atoms with Crippen LogP contribution in [0.2, 0.25) is 0 Å². The third kappa shape index (κ3) is 4.02. The summed E-state index contributed by atoms with van der Waals surface area (Å²) < 4.78 is 28.3. The fraction of sp³-hybridized carbons (Fsp3) is 0.625. The molecular formula is C16H23BrF2N2. The van der Waals surface area contributed by atoms with Gasteiger partial charge in [-0.2, -0.15) is 0 Å². The van der Waals surface area contributed by atoms with Gasteiger partial charge in [0.1, 0.15) is 11.6 Å². The van der Waals surface area contributed by atoms with Crippen LogP contribution in [0, 0.1) is 23.5 Å². The van der Waals surface area contributed by atoms with Crippen LogP contribution >= 0.6 is 15.9 Å². The Kier molecular flexibility index (Phi) is 6.14. The van der Waals surface area contributed by atoms with E-state index in [1.165, 1.54) is 25.0 Å². The summed E-state index contributed by atoms with van der Waals surface area (Å²) in [6.07, 6.45) is 6.03. The van der Waals surface area contributed by atoms with Crippen molar-refractivity contribution in [2.24, 2.45) is 17.7 Å². The van der Waals surface area contributed by atoms with Crippen molar-refractivity contribution in [2.75, 3.05) is 0 Å². The van der Waals surface area contributed by atoms with Crippen LogP contribution in [0.4, 0.5) is 8.78 Å². The highest BCUT2D eigenvalue weighted by Crippen LogP contribution is 2.34. The largest absolute Gasteiger partial charge is 0.271 e. The van der Waals surface area contributed by atoms with Crippen LogP contribution in [0.25, 0.3) is 0 Å². The molecule has 1 fully saturated rings. The molecule has 2 nitrogen and oxygen atoms in total. The van der Waals surface area contributed by atoms with E-state index in [1.54, 1.807) is 0 Å². The lowest BCUT2D eigenvalue weighted by atomic mass is 9.75. The Hall–Kier alpha value is -0.520. The van der Waals surface area contributed by atoms with E-state index >= 15 is 0 Å². The molecule has 0 bridgehead atoms. The van der Waals surface area contributed by atoms with Gasteiger partial charge in [0, 0.05) is 11.6 Å². The normalized spacial score (nSPS) is 24.0. The number of hydrogen-bond acceptors (Lipinski definition) is 2. The van der Waals surface area contributed by atoms with Gasteiger partial charge in [0.05, 0.1) is 4.47 Å². The maximum absolute atomic E-state index is 14.1. The summed E-state index contributed by atoms with van der Waals surface area (Å²) in [7, 11) is 0. The number of nitrogens with one attached hydrogen (secondary N) is 1. The van der Waals surface area contributed by atoms with Gasteiger partial charge in [-0.15, -0.1) is 0 Å². The number of halogens is 3. The van der Waals surface area contributed by atoms with Gasteiger partial charge in [0.25, 0.3) is 0 Å². The fourth-order valence-electron chi connectivity index (χ4n) is 3.41. The molecule has 1 aliphatic carbocycles. The van der Waals surface area contributed by atoms with Gasteiger partial charge in [-0.05, 0) is 59.2 Å². The van der Waals surface area contributed by atoms with E-state index in [-0.39, 0.29) is 18.0 Å². The van der Waals surface area contributed by atoms with Crippen LogP contribution in [0.3, 0.4) is 0 Å². The van der Waals surface area contributed by atoms with Crippen molar-refractivity contribution in [1.29, 1.82) is 0 Å². The molecule has 118 valence electrons. The number of benzene rings is 1. The van der Waals surface area contributed by atoms with E-state index in [0.29, 0.717) is 16.3 Å². The molecule has 1 aromatic rings. The maximum atomic E-state index is 14.1. The molecule has 1 saturated carbocycles. The average molecular weight is 361 g/mol. The summed E-state index contributed by atoms with van der Waals surface area (Å²) >= 11 is 3.12. The lowest BCUT2D eigenvalue weighted by Gasteiger charge is -2.34. The zero-order valence-corrected chi connectivity index (χ0v) is 13.9. The van der Waals surface area contributed by atoms with Gasteiger partial charge < -0.3 is 0 Å².